The largest absolute Gasteiger partial charge is 0.407 e. The van der Waals surface area contributed by atoms with Gasteiger partial charge in [0.2, 0.25) is 0 Å². The molecule has 0 fully saturated rings. The zero-order chi connectivity index (χ0) is 14.1. The number of hydrogen-bond donors (Lipinski definition) is 1. The van der Waals surface area contributed by atoms with Gasteiger partial charge in [-0.05, 0) is 5.56 Å². The Labute approximate surface area is 109 Å². The number of sulfone groups is 1. The highest BCUT2D eigenvalue weighted by atomic mass is 32.2. The molecule has 0 aromatic heterocycles. The molecule has 1 N–H and O–H groups in total. The van der Waals surface area contributed by atoms with Gasteiger partial charge in [-0.1, -0.05) is 36.4 Å². The lowest BCUT2D eigenvalue weighted by Crippen LogP contribution is -2.41. The zero-order valence-corrected chi connectivity index (χ0v) is 10.6. The molecule has 7 heteroatoms. The normalized spacial score (nSPS) is 23.4. The van der Waals surface area contributed by atoms with Crippen LogP contribution in [-0.2, 0) is 9.84 Å². The number of halogens is 3. The highest BCUT2D eigenvalue weighted by Gasteiger charge is 2.42. The van der Waals surface area contributed by atoms with E-state index in [1.54, 1.807) is 6.07 Å². The van der Waals surface area contributed by atoms with Crippen LogP contribution in [-0.4, -0.2) is 26.4 Å². The molecule has 2 rings (SSSR count). The topological polar surface area (TPSA) is 46.2 Å². The average molecular weight is 291 g/mol. The molecule has 0 amide bonds. The van der Waals surface area contributed by atoms with Crippen LogP contribution in [0.25, 0.3) is 0 Å². The van der Waals surface area contributed by atoms with Crippen LogP contribution in [0.4, 0.5) is 13.2 Å². The first kappa shape index (κ1) is 14.1. The Kier molecular flexibility index (Phi) is 3.69. The van der Waals surface area contributed by atoms with Crippen molar-refractivity contribution in [2.45, 2.75) is 18.3 Å². The van der Waals surface area contributed by atoms with Crippen molar-refractivity contribution < 1.29 is 21.6 Å². The second kappa shape index (κ2) is 4.97. The van der Waals surface area contributed by atoms with Crippen LogP contribution in [0.15, 0.2) is 41.8 Å². The summed E-state index contributed by atoms with van der Waals surface area (Å²) < 4.78 is 61.4. The van der Waals surface area contributed by atoms with E-state index in [4.69, 9.17) is 0 Å². The van der Waals surface area contributed by atoms with E-state index in [9.17, 15) is 21.6 Å². The summed E-state index contributed by atoms with van der Waals surface area (Å²) >= 11 is 0. The molecule has 0 spiro atoms. The van der Waals surface area contributed by atoms with Crippen LogP contribution < -0.4 is 5.32 Å². The summed E-state index contributed by atoms with van der Waals surface area (Å²) in [5, 5.41) is 3.28. The van der Waals surface area contributed by atoms with E-state index in [1.165, 1.54) is 30.3 Å². The molecule has 0 bridgehead atoms. The van der Waals surface area contributed by atoms with E-state index in [0.717, 1.165) is 5.41 Å². The minimum Gasteiger partial charge on any atom is -0.295 e. The van der Waals surface area contributed by atoms with Gasteiger partial charge in [0.25, 0.3) is 0 Å². The molecule has 1 heterocycles. The third-order valence-electron chi connectivity index (χ3n) is 2.77. The monoisotopic (exact) mass is 291 g/mol. The van der Waals surface area contributed by atoms with E-state index in [2.05, 4.69) is 5.32 Å². The van der Waals surface area contributed by atoms with Crippen molar-refractivity contribution in [2.24, 2.45) is 0 Å². The fourth-order valence-corrected chi connectivity index (χ4v) is 3.17. The van der Waals surface area contributed by atoms with Gasteiger partial charge in [-0.2, -0.15) is 13.2 Å². The van der Waals surface area contributed by atoms with Crippen molar-refractivity contribution in [1.29, 1.82) is 0 Å². The van der Waals surface area contributed by atoms with E-state index in [-0.39, 0.29) is 11.3 Å². The summed E-state index contributed by atoms with van der Waals surface area (Å²) in [7, 11) is -3.38. The minimum atomic E-state index is -4.48. The van der Waals surface area contributed by atoms with Gasteiger partial charge in [0.05, 0.1) is 5.75 Å². The lowest BCUT2D eigenvalue weighted by atomic mass is 10.1. The molecule has 0 aliphatic carbocycles. The van der Waals surface area contributed by atoms with Crippen LogP contribution in [0.3, 0.4) is 0 Å². The molecule has 0 radical (unpaired) electrons. The van der Waals surface area contributed by atoms with Crippen molar-refractivity contribution in [3.8, 4) is 0 Å². The molecule has 104 valence electrons. The number of benzene rings is 1. The Hall–Kier alpha value is -1.34. The van der Waals surface area contributed by atoms with Gasteiger partial charge >= 0.3 is 6.18 Å². The molecule has 19 heavy (non-hydrogen) atoms. The van der Waals surface area contributed by atoms with Crippen LogP contribution >= 0.6 is 0 Å². The predicted molar refractivity (Wildman–Crippen MR) is 65.1 cm³/mol. The fraction of sp³-hybridized carbons (Fsp3) is 0.333. The van der Waals surface area contributed by atoms with Crippen molar-refractivity contribution in [2.75, 3.05) is 5.75 Å². The first-order chi connectivity index (χ1) is 8.78. The molecule has 0 saturated carbocycles. The third kappa shape index (κ3) is 3.57. The Bertz CT molecular complexity index is 566. The quantitative estimate of drug-likeness (QED) is 0.928. The van der Waals surface area contributed by atoms with Crippen LogP contribution in [0.2, 0.25) is 0 Å². The maximum Gasteiger partial charge on any atom is 0.407 e. The lowest BCUT2D eigenvalue weighted by Gasteiger charge is -2.24. The molecule has 0 saturated heterocycles. The Morgan fingerprint density at radius 3 is 2.32 bits per heavy atom. The smallest absolute Gasteiger partial charge is 0.295 e. The van der Waals surface area contributed by atoms with Crippen LogP contribution in [0.1, 0.15) is 11.6 Å². The molecule has 2 unspecified atom stereocenters. The predicted octanol–water partition coefficient (Wildman–Crippen LogP) is 2.19. The van der Waals surface area contributed by atoms with Gasteiger partial charge in [-0.15, -0.1) is 0 Å². The summed E-state index contributed by atoms with van der Waals surface area (Å²) in [6.45, 7) is 0. The standard InChI is InChI=1S/C12H12F3NO2S/c13-12(14,15)11(9-4-2-1-3-5-9)16-10-6-7-19(17,18)8-10/h1-7,10-11,16H,8H2. The van der Waals surface area contributed by atoms with Crippen molar-refractivity contribution in [3.05, 3.63) is 47.4 Å². The molecule has 2 atom stereocenters. The third-order valence-corrected chi connectivity index (χ3v) is 4.17. The second-order valence-electron chi connectivity index (χ2n) is 4.32. The second-order valence-corrected chi connectivity index (χ2v) is 6.25. The molecule has 1 aliphatic heterocycles. The van der Waals surface area contributed by atoms with Gasteiger partial charge < -0.3 is 0 Å². The minimum absolute atomic E-state index is 0.0627. The van der Waals surface area contributed by atoms with E-state index < -0.39 is 28.1 Å². The number of nitrogens with one attached hydrogen (secondary N) is 1. The maximum absolute atomic E-state index is 13.0. The van der Waals surface area contributed by atoms with Gasteiger partial charge in [0.15, 0.2) is 9.84 Å². The van der Waals surface area contributed by atoms with Crippen molar-refractivity contribution >= 4 is 9.84 Å². The summed E-state index contributed by atoms with van der Waals surface area (Å²) in [4.78, 5) is 0. The van der Waals surface area contributed by atoms with E-state index in [0.29, 0.717) is 0 Å². The van der Waals surface area contributed by atoms with Crippen LogP contribution in [0.5, 0.6) is 0 Å². The summed E-state index contributed by atoms with van der Waals surface area (Å²) in [5.41, 5.74) is 0.0627. The summed E-state index contributed by atoms with van der Waals surface area (Å²) in [5.74, 6) is -0.341. The van der Waals surface area contributed by atoms with Gasteiger partial charge in [-0.25, -0.2) is 8.42 Å². The van der Waals surface area contributed by atoms with Gasteiger partial charge in [-0.3, -0.25) is 5.32 Å². The first-order valence-electron chi connectivity index (χ1n) is 5.56. The molecule has 1 aromatic carbocycles. The van der Waals surface area contributed by atoms with Gasteiger partial charge in [0.1, 0.15) is 6.04 Å². The SMILES string of the molecule is O=S1(=O)C=CC(NC(c2ccccc2)C(F)(F)F)C1. The van der Waals surface area contributed by atoms with E-state index >= 15 is 0 Å². The maximum atomic E-state index is 13.0. The summed E-state index contributed by atoms with van der Waals surface area (Å²) in [6, 6.07) is 4.66. The Balaban J connectivity index is 2.20. The Morgan fingerprint density at radius 1 is 1.21 bits per heavy atom. The van der Waals surface area contributed by atoms with Crippen molar-refractivity contribution in [3.63, 3.8) is 0 Å². The fourth-order valence-electron chi connectivity index (χ4n) is 1.92. The lowest BCUT2D eigenvalue weighted by molar-refractivity contribution is -0.158. The number of hydrogen-bond acceptors (Lipinski definition) is 3. The molecular weight excluding hydrogens is 279 g/mol. The Morgan fingerprint density at radius 2 is 1.84 bits per heavy atom. The van der Waals surface area contributed by atoms with Gasteiger partial charge in [0, 0.05) is 11.4 Å². The number of alkyl halides is 3. The average Bonchev–Trinajstić information content (AvgIpc) is 2.65. The highest BCUT2D eigenvalue weighted by molar-refractivity contribution is 7.94. The van der Waals surface area contributed by atoms with Crippen molar-refractivity contribution in [1.82, 2.24) is 5.32 Å². The summed E-state index contributed by atoms with van der Waals surface area (Å²) in [6.07, 6.45) is -3.24. The highest BCUT2D eigenvalue weighted by Crippen LogP contribution is 2.33. The molecule has 1 aliphatic rings. The molecule has 1 aromatic rings. The van der Waals surface area contributed by atoms with Crippen LogP contribution in [0, 0.1) is 0 Å². The molecular formula is C12H12F3NO2S. The van der Waals surface area contributed by atoms with E-state index in [1.807, 2.05) is 0 Å². The number of rotatable bonds is 3. The first-order valence-corrected chi connectivity index (χ1v) is 7.28. The molecule has 3 nitrogen and oxygen atoms in total. The zero-order valence-electron chi connectivity index (χ0n) is 9.76.